The minimum absolute atomic E-state index is 0.0213. The lowest BCUT2D eigenvalue weighted by atomic mass is 9.62. The van der Waals surface area contributed by atoms with Gasteiger partial charge >= 0.3 is 5.97 Å². The number of nitrogens with one attached hydrogen (secondary N) is 1. The molecule has 0 bridgehead atoms. The van der Waals surface area contributed by atoms with Crippen LogP contribution in [0.25, 0.3) is 0 Å². The normalized spacial score (nSPS) is 16.9. The molecule has 0 fully saturated rings. The van der Waals surface area contributed by atoms with Gasteiger partial charge in [0, 0.05) is 30.3 Å². The first-order valence-corrected chi connectivity index (χ1v) is 13.2. The van der Waals surface area contributed by atoms with Crippen LogP contribution in [0, 0.1) is 0 Å². The summed E-state index contributed by atoms with van der Waals surface area (Å²) in [4.78, 5) is 31.0. The number of carbonyl (C=O) groups excluding carboxylic acids is 1. The highest BCUT2D eigenvalue weighted by Gasteiger charge is 2.39. The number of rotatable bonds is 4. The molecule has 0 radical (unpaired) electrons. The van der Waals surface area contributed by atoms with Crippen LogP contribution in [0.1, 0.15) is 86.5 Å². The van der Waals surface area contributed by atoms with E-state index in [9.17, 15) is 14.7 Å². The molecule has 1 heterocycles. The third-order valence-electron chi connectivity index (χ3n) is 8.16. The second-order valence-corrected chi connectivity index (χ2v) is 11.7. The Hall–Kier alpha value is -3.93. The van der Waals surface area contributed by atoms with Gasteiger partial charge in [-0.1, -0.05) is 46.8 Å². The first kappa shape index (κ1) is 25.7. The second kappa shape index (κ2) is 9.12. The molecule has 0 unspecified atom stereocenters. The van der Waals surface area contributed by atoms with Gasteiger partial charge in [0.2, 0.25) is 5.91 Å². The minimum Gasteiger partial charge on any atom is -0.478 e. The van der Waals surface area contributed by atoms with Crippen molar-refractivity contribution in [3.05, 3.63) is 82.4 Å². The van der Waals surface area contributed by atoms with Gasteiger partial charge in [-0.05, 0) is 77.3 Å². The molecule has 196 valence electrons. The molecule has 1 aliphatic carbocycles. The topological polar surface area (TPSA) is 82.0 Å². The van der Waals surface area contributed by atoms with Crippen molar-refractivity contribution in [1.82, 2.24) is 0 Å². The number of carboxylic acids is 1. The average Bonchev–Trinajstić information content (AvgIpc) is 3.00. The summed E-state index contributed by atoms with van der Waals surface area (Å²) >= 11 is 0. The molecule has 3 aromatic rings. The van der Waals surface area contributed by atoms with Crippen LogP contribution in [-0.2, 0) is 15.6 Å². The van der Waals surface area contributed by atoms with Crippen molar-refractivity contribution in [3.8, 4) is 0 Å². The molecule has 0 saturated carbocycles. The summed E-state index contributed by atoms with van der Waals surface area (Å²) in [5.74, 6) is -1.01. The zero-order chi connectivity index (χ0) is 27.4. The number of hydrogen-bond donors (Lipinski definition) is 2. The summed E-state index contributed by atoms with van der Waals surface area (Å²) in [6.07, 6.45) is 2.61. The van der Waals surface area contributed by atoms with Crippen LogP contribution in [0.2, 0.25) is 0 Å². The van der Waals surface area contributed by atoms with E-state index in [0.717, 1.165) is 46.7 Å². The number of aliphatic imine (C=N–C) groups is 1. The predicted molar refractivity (Wildman–Crippen MR) is 154 cm³/mol. The zero-order valence-electron chi connectivity index (χ0n) is 23.0. The number of fused-ring (bicyclic) bond motifs is 3. The molecule has 2 N–H and O–H groups in total. The first-order chi connectivity index (χ1) is 17.9. The van der Waals surface area contributed by atoms with Gasteiger partial charge in [-0.2, -0.15) is 0 Å². The Morgan fingerprint density at radius 2 is 1.55 bits per heavy atom. The van der Waals surface area contributed by atoms with Crippen molar-refractivity contribution in [1.29, 1.82) is 0 Å². The Morgan fingerprint density at radius 1 is 0.921 bits per heavy atom. The number of carboxylic acid groups (broad SMARTS) is 1. The maximum absolute atomic E-state index is 12.1. The summed E-state index contributed by atoms with van der Waals surface area (Å²) in [5.41, 5.74) is 9.05. The SMILES string of the molecule is CCC(=O)Nc1ccc2c(c1)N=C(c1ccc(C(=O)O)cc1)c1cc3c(cc1N2C)C(C)(C)CCC3(C)C. The van der Waals surface area contributed by atoms with Crippen LogP contribution < -0.4 is 10.2 Å². The summed E-state index contributed by atoms with van der Waals surface area (Å²) in [6.45, 7) is 11.1. The fourth-order valence-corrected chi connectivity index (χ4v) is 5.59. The van der Waals surface area contributed by atoms with Crippen LogP contribution in [0.3, 0.4) is 0 Å². The van der Waals surface area contributed by atoms with E-state index >= 15 is 0 Å². The molecule has 6 heteroatoms. The maximum atomic E-state index is 12.1. The molecule has 38 heavy (non-hydrogen) atoms. The number of aromatic carboxylic acids is 1. The van der Waals surface area contributed by atoms with Crippen LogP contribution in [0.15, 0.2) is 59.6 Å². The van der Waals surface area contributed by atoms with E-state index in [-0.39, 0.29) is 22.3 Å². The van der Waals surface area contributed by atoms with E-state index in [1.807, 2.05) is 37.3 Å². The molecule has 1 amide bonds. The molecule has 2 aliphatic rings. The van der Waals surface area contributed by atoms with Crippen molar-refractivity contribution >= 4 is 40.3 Å². The summed E-state index contributed by atoms with van der Waals surface area (Å²) in [7, 11) is 2.06. The summed E-state index contributed by atoms with van der Waals surface area (Å²) in [5, 5.41) is 12.4. The molecule has 0 aromatic heterocycles. The van der Waals surface area contributed by atoms with E-state index < -0.39 is 5.97 Å². The van der Waals surface area contributed by atoms with Gasteiger partial charge in [-0.3, -0.25) is 4.79 Å². The highest BCUT2D eigenvalue weighted by molar-refractivity contribution is 6.19. The van der Waals surface area contributed by atoms with Gasteiger partial charge in [0.15, 0.2) is 0 Å². The van der Waals surface area contributed by atoms with Crippen molar-refractivity contribution in [2.24, 2.45) is 4.99 Å². The Kier molecular flexibility index (Phi) is 6.17. The quantitative estimate of drug-likeness (QED) is 0.386. The van der Waals surface area contributed by atoms with Crippen molar-refractivity contribution < 1.29 is 14.7 Å². The number of anilines is 3. The van der Waals surface area contributed by atoms with Gasteiger partial charge in [-0.25, -0.2) is 9.79 Å². The third-order valence-corrected chi connectivity index (χ3v) is 8.16. The van der Waals surface area contributed by atoms with Gasteiger partial charge in [0.25, 0.3) is 0 Å². The smallest absolute Gasteiger partial charge is 0.335 e. The molecular weight excluding hydrogens is 474 g/mol. The van der Waals surface area contributed by atoms with Gasteiger partial charge < -0.3 is 15.3 Å². The predicted octanol–water partition coefficient (Wildman–Crippen LogP) is 7.33. The van der Waals surface area contributed by atoms with Crippen LogP contribution in [0.5, 0.6) is 0 Å². The Bertz CT molecular complexity index is 1480. The molecule has 5 rings (SSSR count). The monoisotopic (exact) mass is 509 g/mol. The fraction of sp³-hybridized carbons (Fsp3) is 0.344. The number of carbonyl (C=O) groups is 2. The third kappa shape index (κ3) is 4.38. The van der Waals surface area contributed by atoms with Gasteiger partial charge in [0.1, 0.15) is 0 Å². The van der Waals surface area contributed by atoms with Crippen molar-refractivity contribution in [2.45, 2.75) is 64.7 Å². The lowest BCUT2D eigenvalue weighted by Gasteiger charge is -2.43. The molecule has 3 aromatic carbocycles. The maximum Gasteiger partial charge on any atom is 0.335 e. The number of hydrogen-bond acceptors (Lipinski definition) is 4. The number of amides is 1. The number of nitrogens with zero attached hydrogens (tertiary/aromatic N) is 2. The molecular formula is C32H35N3O3. The second-order valence-electron chi connectivity index (χ2n) is 11.7. The molecule has 6 nitrogen and oxygen atoms in total. The molecule has 0 spiro atoms. The molecule has 0 saturated heterocycles. The van der Waals surface area contributed by atoms with Crippen LogP contribution >= 0.6 is 0 Å². The average molecular weight is 510 g/mol. The Labute approximate surface area is 224 Å². The molecule has 1 aliphatic heterocycles. The van der Waals surface area contributed by atoms with E-state index in [1.54, 1.807) is 12.1 Å². The van der Waals surface area contributed by atoms with Crippen molar-refractivity contribution in [2.75, 3.05) is 17.3 Å². The van der Waals surface area contributed by atoms with Gasteiger partial charge in [-0.15, -0.1) is 0 Å². The van der Waals surface area contributed by atoms with Crippen molar-refractivity contribution in [3.63, 3.8) is 0 Å². The highest BCUT2D eigenvalue weighted by Crippen LogP contribution is 2.50. The Balaban J connectivity index is 1.78. The van der Waals surface area contributed by atoms with E-state index in [2.05, 4.69) is 57.1 Å². The standard InChI is InChI=1S/C32H35N3O3/c1-7-28(36)33-21-12-13-26-25(16-21)34-29(19-8-10-20(11-9-19)30(37)38)22-17-23-24(18-27(22)35(26)6)32(4,5)15-14-31(23,2)3/h8-13,16-18H,7,14-15H2,1-6H3,(H,33,36)(H,37,38). The first-order valence-electron chi connectivity index (χ1n) is 13.2. The zero-order valence-corrected chi connectivity index (χ0v) is 23.0. The van der Waals surface area contributed by atoms with Gasteiger partial charge in [0.05, 0.1) is 28.3 Å². The van der Waals surface area contributed by atoms with Crippen LogP contribution in [0.4, 0.5) is 22.7 Å². The summed E-state index contributed by atoms with van der Waals surface area (Å²) in [6, 6.07) is 17.4. The van der Waals surface area contributed by atoms with E-state index in [1.165, 1.54) is 11.1 Å². The van der Waals surface area contributed by atoms with E-state index in [0.29, 0.717) is 12.1 Å². The lowest BCUT2D eigenvalue weighted by Crippen LogP contribution is -2.34. The summed E-state index contributed by atoms with van der Waals surface area (Å²) < 4.78 is 0. The molecule has 0 atom stereocenters. The van der Waals surface area contributed by atoms with E-state index in [4.69, 9.17) is 4.99 Å². The highest BCUT2D eigenvalue weighted by atomic mass is 16.4. The fourth-order valence-electron chi connectivity index (χ4n) is 5.59. The van der Waals surface area contributed by atoms with Crippen LogP contribution in [-0.4, -0.2) is 29.7 Å². The minimum atomic E-state index is -0.959. The number of benzene rings is 3. The lowest BCUT2D eigenvalue weighted by molar-refractivity contribution is -0.115. The largest absolute Gasteiger partial charge is 0.478 e. The Morgan fingerprint density at radius 3 is 2.16 bits per heavy atom.